The van der Waals surface area contributed by atoms with Crippen molar-refractivity contribution in [3.05, 3.63) is 46.5 Å². The van der Waals surface area contributed by atoms with Crippen LogP contribution in [-0.4, -0.2) is 9.97 Å². The molecule has 0 aliphatic rings. The molecule has 1 aromatic carbocycles. The Morgan fingerprint density at radius 2 is 2.16 bits per heavy atom. The molecule has 0 aliphatic heterocycles. The number of hydrogen-bond donors (Lipinski definition) is 2. The van der Waals surface area contributed by atoms with Crippen LogP contribution < -0.4 is 11.1 Å². The normalized spacial score (nSPS) is 10.8. The van der Waals surface area contributed by atoms with E-state index >= 15 is 0 Å². The van der Waals surface area contributed by atoms with Gasteiger partial charge in [0.25, 0.3) is 0 Å². The molecule has 4 nitrogen and oxygen atoms in total. The summed E-state index contributed by atoms with van der Waals surface area (Å²) in [7, 11) is 0. The lowest BCUT2D eigenvalue weighted by Crippen LogP contribution is -2.01. The zero-order chi connectivity index (χ0) is 13.2. The molecule has 0 unspecified atom stereocenters. The highest BCUT2D eigenvalue weighted by Gasteiger charge is 2.05. The number of fused-ring (bicyclic) bond motifs is 1. The Labute approximate surface area is 115 Å². The molecule has 3 aromatic rings. The summed E-state index contributed by atoms with van der Waals surface area (Å²) in [4.78, 5) is 9.83. The third-order valence-corrected chi connectivity index (χ3v) is 4.02. The number of nitrogens with two attached hydrogens (primary N) is 1. The fourth-order valence-electron chi connectivity index (χ4n) is 2.02. The Morgan fingerprint density at radius 1 is 1.26 bits per heavy atom. The van der Waals surface area contributed by atoms with Gasteiger partial charge in [0.05, 0.1) is 29.0 Å². The van der Waals surface area contributed by atoms with Gasteiger partial charge in [0.15, 0.2) is 0 Å². The predicted molar refractivity (Wildman–Crippen MR) is 80.3 cm³/mol. The van der Waals surface area contributed by atoms with Crippen LogP contribution >= 0.6 is 11.3 Å². The molecule has 2 aromatic heterocycles. The van der Waals surface area contributed by atoms with Crippen LogP contribution in [-0.2, 0) is 6.54 Å². The zero-order valence-electron chi connectivity index (χ0n) is 10.6. The van der Waals surface area contributed by atoms with E-state index < -0.39 is 0 Å². The van der Waals surface area contributed by atoms with Crippen LogP contribution in [0.2, 0.25) is 0 Å². The maximum atomic E-state index is 5.94. The number of benzene rings is 1. The first-order chi connectivity index (χ1) is 9.25. The maximum Gasteiger partial charge on any atom is 0.0951 e. The molecular formula is C14H14N4S. The molecule has 96 valence electrons. The van der Waals surface area contributed by atoms with Crippen LogP contribution in [0, 0.1) is 6.92 Å². The van der Waals surface area contributed by atoms with Crippen molar-refractivity contribution < 1.29 is 0 Å². The molecule has 3 N–H and O–H groups in total. The van der Waals surface area contributed by atoms with Gasteiger partial charge in [-0.1, -0.05) is 12.1 Å². The summed E-state index contributed by atoms with van der Waals surface area (Å²) in [5, 5.41) is 4.48. The molecule has 0 amide bonds. The molecule has 0 radical (unpaired) electrons. The van der Waals surface area contributed by atoms with Crippen LogP contribution in [0.4, 0.5) is 11.4 Å². The summed E-state index contributed by atoms with van der Waals surface area (Å²) < 4.78 is 0. The fraction of sp³-hybridized carbons (Fsp3) is 0.143. The smallest absolute Gasteiger partial charge is 0.0951 e. The predicted octanol–water partition coefficient (Wildman–Crippen LogP) is 3.19. The number of nitrogen functional groups attached to an aromatic ring is 1. The summed E-state index contributed by atoms with van der Waals surface area (Å²) in [6.45, 7) is 2.79. The molecule has 0 saturated carbocycles. The van der Waals surface area contributed by atoms with E-state index in [4.69, 9.17) is 5.73 Å². The number of anilines is 2. The van der Waals surface area contributed by atoms with Crippen LogP contribution in [0.3, 0.4) is 0 Å². The van der Waals surface area contributed by atoms with Crippen molar-refractivity contribution in [3.8, 4) is 0 Å². The Morgan fingerprint density at radius 3 is 2.95 bits per heavy atom. The lowest BCUT2D eigenvalue weighted by molar-refractivity contribution is 1.12. The van der Waals surface area contributed by atoms with Crippen molar-refractivity contribution in [2.75, 3.05) is 11.1 Å². The second-order valence-corrected chi connectivity index (χ2v) is 5.26. The number of pyridine rings is 1. The summed E-state index contributed by atoms with van der Waals surface area (Å²) in [6.07, 6.45) is 1.78. The molecular weight excluding hydrogens is 256 g/mol. The molecule has 0 bridgehead atoms. The second kappa shape index (κ2) is 4.85. The summed E-state index contributed by atoms with van der Waals surface area (Å²) in [5.74, 6) is 0. The Bertz CT molecular complexity index is 720. The largest absolute Gasteiger partial charge is 0.397 e. The van der Waals surface area contributed by atoms with Gasteiger partial charge in [-0.3, -0.25) is 4.98 Å². The number of nitrogens with zero attached hydrogens (tertiary/aromatic N) is 2. The third kappa shape index (κ3) is 2.24. The van der Waals surface area contributed by atoms with Gasteiger partial charge in [-0.2, -0.15) is 0 Å². The summed E-state index contributed by atoms with van der Waals surface area (Å²) in [5.41, 5.74) is 11.5. The van der Waals surface area contributed by atoms with Gasteiger partial charge in [0.2, 0.25) is 0 Å². The fourth-order valence-corrected chi connectivity index (χ4v) is 2.74. The summed E-state index contributed by atoms with van der Waals surface area (Å²) >= 11 is 1.66. The highest BCUT2D eigenvalue weighted by Crippen LogP contribution is 2.26. The van der Waals surface area contributed by atoms with Crippen molar-refractivity contribution >= 4 is 33.6 Å². The molecule has 0 atom stereocenters. The van der Waals surface area contributed by atoms with Gasteiger partial charge >= 0.3 is 0 Å². The van der Waals surface area contributed by atoms with Crippen LogP contribution in [0.15, 0.2) is 36.0 Å². The minimum absolute atomic E-state index is 0.704. The van der Waals surface area contributed by atoms with E-state index in [2.05, 4.69) is 15.3 Å². The van der Waals surface area contributed by atoms with E-state index in [0.717, 1.165) is 28.8 Å². The highest BCUT2D eigenvalue weighted by molar-refractivity contribution is 7.09. The number of para-hydroxylation sites is 1. The van der Waals surface area contributed by atoms with Crippen molar-refractivity contribution in [1.29, 1.82) is 0 Å². The number of aryl methyl sites for hydroxylation is 1. The minimum Gasteiger partial charge on any atom is -0.397 e. The average molecular weight is 270 g/mol. The molecule has 0 aliphatic carbocycles. The van der Waals surface area contributed by atoms with E-state index in [1.54, 1.807) is 17.5 Å². The number of nitrogens with one attached hydrogen (secondary N) is 1. The van der Waals surface area contributed by atoms with Crippen molar-refractivity contribution in [3.63, 3.8) is 0 Å². The van der Waals surface area contributed by atoms with Gasteiger partial charge in [-0.25, -0.2) is 4.98 Å². The summed E-state index contributed by atoms with van der Waals surface area (Å²) in [6, 6.07) is 7.81. The number of aromatic nitrogens is 2. The van der Waals surface area contributed by atoms with Crippen LogP contribution in [0.25, 0.3) is 10.9 Å². The molecule has 3 rings (SSSR count). The molecule has 19 heavy (non-hydrogen) atoms. The number of hydrogen-bond acceptors (Lipinski definition) is 5. The van der Waals surface area contributed by atoms with Crippen LogP contribution in [0.1, 0.15) is 10.6 Å². The van der Waals surface area contributed by atoms with E-state index in [0.29, 0.717) is 5.69 Å². The lowest BCUT2D eigenvalue weighted by Gasteiger charge is -2.09. The molecule has 5 heteroatoms. The van der Waals surface area contributed by atoms with Gasteiger partial charge in [0, 0.05) is 22.1 Å². The Hall–Kier alpha value is -2.14. The van der Waals surface area contributed by atoms with Crippen molar-refractivity contribution in [1.82, 2.24) is 9.97 Å². The van der Waals surface area contributed by atoms with Gasteiger partial charge in [0.1, 0.15) is 0 Å². The Kier molecular flexibility index (Phi) is 3.05. The molecule has 0 fully saturated rings. The third-order valence-electron chi connectivity index (χ3n) is 3.09. The first-order valence-corrected chi connectivity index (χ1v) is 6.89. The van der Waals surface area contributed by atoms with E-state index in [9.17, 15) is 0 Å². The van der Waals surface area contributed by atoms with Crippen LogP contribution in [0.5, 0.6) is 0 Å². The van der Waals surface area contributed by atoms with E-state index in [1.165, 1.54) is 4.88 Å². The van der Waals surface area contributed by atoms with Crippen molar-refractivity contribution in [2.45, 2.75) is 13.5 Å². The number of thiazole rings is 1. The van der Waals surface area contributed by atoms with E-state index in [1.807, 2.05) is 36.7 Å². The Balaban J connectivity index is 1.93. The maximum absolute atomic E-state index is 5.94. The van der Waals surface area contributed by atoms with Gasteiger partial charge in [-0.15, -0.1) is 11.3 Å². The first kappa shape index (κ1) is 11.9. The first-order valence-electron chi connectivity index (χ1n) is 6.02. The van der Waals surface area contributed by atoms with Gasteiger partial charge < -0.3 is 11.1 Å². The minimum atomic E-state index is 0.704. The van der Waals surface area contributed by atoms with Gasteiger partial charge in [-0.05, 0) is 19.1 Å². The quantitative estimate of drug-likeness (QED) is 0.717. The molecule has 0 spiro atoms. The standard InChI is InChI=1S/C14H14N4S/c1-9-13(19-8-18-9)7-17-12-5-6-16-14-10(12)3-2-4-11(14)15/h2-6,8H,7,15H2,1H3,(H,16,17). The van der Waals surface area contributed by atoms with E-state index in [-0.39, 0.29) is 0 Å². The topological polar surface area (TPSA) is 63.8 Å². The highest BCUT2D eigenvalue weighted by atomic mass is 32.1. The zero-order valence-corrected chi connectivity index (χ0v) is 11.4. The average Bonchev–Trinajstić information content (AvgIpc) is 2.82. The lowest BCUT2D eigenvalue weighted by atomic mass is 10.1. The SMILES string of the molecule is Cc1ncsc1CNc1ccnc2c(N)cccc12. The second-order valence-electron chi connectivity index (χ2n) is 4.32. The monoisotopic (exact) mass is 270 g/mol. The number of rotatable bonds is 3. The van der Waals surface area contributed by atoms with Crippen molar-refractivity contribution in [2.24, 2.45) is 0 Å². The molecule has 2 heterocycles. The molecule has 0 saturated heterocycles.